The van der Waals surface area contributed by atoms with Gasteiger partial charge in [0.15, 0.2) is 0 Å². The van der Waals surface area contributed by atoms with Gasteiger partial charge < -0.3 is 0 Å². The number of carbonyl (C=O) groups excluding carboxylic acids is 2. The van der Waals surface area contributed by atoms with Crippen molar-refractivity contribution in [2.24, 2.45) is 0 Å². The molecule has 1 unspecified atom stereocenters. The molecule has 0 aliphatic carbocycles. The van der Waals surface area contributed by atoms with Crippen LogP contribution in [0.3, 0.4) is 0 Å². The molecule has 0 N–H and O–H groups in total. The van der Waals surface area contributed by atoms with Gasteiger partial charge in [0.05, 0.1) is 11.1 Å². The lowest BCUT2D eigenvalue weighted by atomic mass is 10.0. The predicted octanol–water partition coefficient (Wildman–Crippen LogP) is 3.23. The van der Waals surface area contributed by atoms with E-state index in [4.69, 9.17) is 0 Å². The van der Waals surface area contributed by atoms with Gasteiger partial charge in [-0.3, -0.25) is 14.5 Å². The summed E-state index contributed by atoms with van der Waals surface area (Å²) in [4.78, 5) is 25.8. The zero-order valence-corrected chi connectivity index (χ0v) is 11.5. The molecule has 0 fully saturated rings. The van der Waals surface area contributed by atoms with Crippen molar-refractivity contribution in [3.8, 4) is 0 Å². The summed E-state index contributed by atoms with van der Waals surface area (Å²) in [5.74, 6) is -0.998. The first kappa shape index (κ1) is 13.5. The van der Waals surface area contributed by atoms with E-state index in [2.05, 4.69) is 0 Å². The fraction of sp³-hybridized carbons (Fsp3) is 0.176. The molecule has 106 valence electrons. The second-order valence-corrected chi connectivity index (χ2v) is 5.22. The van der Waals surface area contributed by atoms with Crippen LogP contribution in [-0.2, 0) is 0 Å². The van der Waals surface area contributed by atoms with Crippen LogP contribution in [0, 0.1) is 5.82 Å². The van der Waals surface area contributed by atoms with Gasteiger partial charge in [0.2, 0.25) is 0 Å². The number of imide groups is 1. The third-order valence-corrected chi connectivity index (χ3v) is 3.75. The maximum Gasteiger partial charge on any atom is 0.261 e. The van der Waals surface area contributed by atoms with Crippen molar-refractivity contribution in [3.05, 3.63) is 71.0 Å². The van der Waals surface area contributed by atoms with Gasteiger partial charge in [-0.2, -0.15) is 0 Å². The average molecular weight is 283 g/mol. The number of nitrogens with zero attached hydrogens (tertiary/aromatic N) is 1. The molecule has 1 aliphatic rings. The van der Waals surface area contributed by atoms with E-state index in [9.17, 15) is 14.0 Å². The van der Waals surface area contributed by atoms with E-state index < -0.39 is 0 Å². The van der Waals surface area contributed by atoms with Crippen LogP contribution < -0.4 is 0 Å². The van der Waals surface area contributed by atoms with E-state index in [1.54, 1.807) is 36.4 Å². The molecule has 0 radical (unpaired) electrons. The highest BCUT2D eigenvalue weighted by Crippen LogP contribution is 2.26. The summed E-state index contributed by atoms with van der Waals surface area (Å²) in [5, 5.41) is 0. The Kier molecular flexibility index (Phi) is 3.29. The SMILES string of the molecule is CC(CN1C(=O)c2ccccc2C1=O)c1cccc(F)c1. The van der Waals surface area contributed by atoms with Crippen LogP contribution in [0.15, 0.2) is 48.5 Å². The van der Waals surface area contributed by atoms with Crippen LogP contribution in [0.25, 0.3) is 0 Å². The van der Waals surface area contributed by atoms with Gasteiger partial charge in [-0.25, -0.2) is 4.39 Å². The number of carbonyl (C=O) groups is 2. The van der Waals surface area contributed by atoms with Crippen LogP contribution in [-0.4, -0.2) is 23.3 Å². The minimum Gasteiger partial charge on any atom is -0.274 e. The number of fused-ring (bicyclic) bond motifs is 1. The highest BCUT2D eigenvalue weighted by molar-refractivity contribution is 6.21. The molecule has 0 spiro atoms. The largest absolute Gasteiger partial charge is 0.274 e. The Morgan fingerprint density at radius 3 is 2.19 bits per heavy atom. The quantitative estimate of drug-likeness (QED) is 0.811. The highest BCUT2D eigenvalue weighted by Gasteiger charge is 2.35. The van der Waals surface area contributed by atoms with Crippen molar-refractivity contribution < 1.29 is 14.0 Å². The third-order valence-electron chi connectivity index (χ3n) is 3.75. The Balaban J connectivity index is 1.84. The first-order valence-corrected chi connectivity index (χ1v) is 6.78. The Hall–Kier alpha value is -2.49. The second-order valence-electron chi connectivity index (χ2n) is 5.22. The van der Waals surface area contributed by atoms with Crippen LogP contribution in [0.4, 0.5) is 4.39 Å². The van der Waals surface area contributed by atoms with Gasteiger partial charge in [0.25, 0.3) is 11.8 Å². The van der Waals surface area contributed by atoms with Crippen LogP contribution in [0.1, 0.15) is 39.1 Å². The molecule has 21 heavy (non-hydrogen) atoms. The Bertz CT molecular complexity index is 691. The van der Waals surface area contributed by atoms with Gasteiger partial charge in [0.1, 0.15) is 5.82 Å². The molecule has 2 aromatic rings. The van der Waals surface area contributed by atoms with E-state index >= 15 is 0 Å². The minimum absolute atomic E-state index is 0.122. The van der Waals surface area contributed by atoms with Crippen LogP contribution in [0.2, 0.25) is 0 Å². The molecule has 3 rings (SSSR count). The summed E-state index contributed by atoms with van der Waals surface area (Å²) in [7, 11) is 0. The molecule has 0 saturated heterocycles. The standard InChI is InChI=1S/C17H14FNO2/c1-11(12-5-4-6-13(18)9-12)10-19-16(20)14-7-2-3-8-15(14)17(19)21/h2-9,11H,10H2,1H3. The fourth-order valence-corrected chi connectivity index (χ4v) is 2.60. The number of rotatable bonds is 3. The van der Waals surface area contributed by atoms with Crippen molar-refractivity contribution >= 4 is 11.8 Å². The summed E-state index contributed by atoms with van der Waals surface area (Å²) >= 11 is 0. The number of benzene rings is 2. The zero-order valence-electron chi connectivity index (χ0n) is 11.5. The first-order chi connectivity index (χ1) is 10.1. The molecule has 0 saturated carbocycles. The molecule has 2 amide bonds. The van der Waals surface area contributed by atoms with Gasteiger partial charge in [0, 0.05) is 6.54 Å². The van der Waals surface area contributed by atoms with Crippen LogP contribution in [0.5, 0.6) is 0 Å². The van der Waals surface area contributed by atoms with Gasteiger partial charge in [-0.15, -0.1) is 0 Å². The number of amides is 2. The molecular formula is C17H14FNO2. The van der Waals surface area contributed by atoms with Crippen molar-refractivity contribution in [3.63, 3.8) is 0 Å². The minimum atomic E-state index is -0.318. The average Bonchev–Trinajstić information content (AvgIpc) is 2.73. The summed E-state index contributed by atoms with van der Waals surface area (Å²) in [6, 6.07) is 13.0. The van der Waals surface area contributed by atoms with E-state index in [1.807, 2.05) is 6.92 Å². The normalized spacial score (nSPS) is 15.2. The van der Waals surface area contributed by atoms with Crippen molar-refractivity contribution in [1.29, 1.82) is 0 Å². The Labute approximate surface area is 122 Å². The van der Waals surface area contributed by atoms with Crippen molar-refractivity contribution in [2.75, 3.05) is 6.54 Å². The molecule has 1 atom stereocenters. The molecule has 2 aromatic carbocycles. The van der Waals surface area contributed by atoms with Gasteiger partial charge >= 0.3 is 0 Å². The summed E-state index contributed by atoms with van der Waals surface area (Å²) in [6.07, 6.45) is 0. The highest BCUT2D eigenvalue weighted by atomic mass is 19.1. The lowest BCUT2D eigenvalue weighted by molar-refractivity contribution is 0.0646. The van der Waals surface area contributed by atoms with E-state index in [0.717, 1.165) is 5.56 Å². The first-order valence-electron chi connectivity index (χ1n) is 6.78. The molecule has 0 bridgehead atoms. The maximum atomic E-state index is 13.3. The molecule has 1 heterocycles. The monoisotopic (exact) mass is 283 g/mol. The zero-order chi connectivity index (χ0) is 15.0. The van der Waals surface area contributed by atoms with Gasteiger partial charge in [-0.05, 0) is 35.7 Å². The molecule has 1 aliphatic heterocycles. The molecule has 0 aromatic heterocycles. The summed E-state index contributed by atoms with van der Waals surface area (Å²) in [5.41, 5.74) is 1.65. The second kappa shape index (κ2) is 5.13. The molecule has 3 nitrogen and oxygen atoms in total. The third kappa shape index (κ3) is 2.33. The summed E-state index contributed by atoms with van der Waals surface area (Å²) in [6.45, 7) is 2.12. The van der Waals surface area contributed by atoms with Crippen LogP contribution >= 0.6 is 0 Å². The topological polar surface area (TPSA) is 37.4 Å². The smallest absolute Gasteiger partial charge is 0.261 e. The Morgan fingerprint density at radius 2 is 1.62 bits per heavy atom. The number of hydrogen-bond donors (Lipinski definition) is 0. The van der Waals surface area contributed by atoms with E-state index in [-0.39, 0.29) is 30.1 Å². The van der Waals surface area contributed by atoms with Gasteiger partial charge in [-0.1, -0.05) is 31.2 Å². The maximum absolute atomic E-state index is 13.3. The summed E-state index contributed by atoms with van der Waals surface area (Å²) < 4.78 is 13.3. The van der Waals surface area contributed by atoms with Crippen molar-refractivity contribution in [1.82, 2.24) is 4.90 Å². The van der Waals surface area contributed by atoms with E-state index in [1.165, 1.54) is 17.0 Å². The lowest BCUT2D eigenvalue weighted by Crippen LogP contribution is -2.33. The Morgan fingerprint density at radius 1 is 1.00 bits per heavy atom. The number of halogens is 1. The lowest BCUT2D eigenvalue weighted by Gasteiger charge is -2.19. The van der Waals surface area contributed by atoms with E-state index in [0.29, 0.717) is 11.1 Å². The molecule has 4 heteroatoms. The predicted molar refractivity (Wildman–Crippen MR) is 76.6 cm³/mol. The van der Waals surface area contributed by atoms with Crippen molar-refractivity contribution in [2.45, 2.75) is 12.8 Å². The fourth-order valence-electron chi connectivity index (χ4n) is 2.60. The number of hydrogen-bond acceptors (Lipinski definition) is 2. The molecular weight excluding hydrogens is 269 g/mol.